The third-order valence-electron chi connectivity index (χ3n) is 3.19. The molecular weight excluding hydrogens is 299 g/mol. The molecule has 122 valence electrons. The highest BCUT2D eigenvalue weighted by molar-refractivity contribution is 5.76. The first-order valence-corrected chi connectivity index (χ1v) is 6.82. The number of carboxylic acid groups (broad SMARTS) is 1. The van der Waals surface area contributed by atoms with E-state index in [9.17, 15) is 22.8 Å². The third kappa shape index (κ3) is 5.75. The first-order valence-electron chi connectivity index (χ1n) is 6.82. The number of amides is 1. The van der Waals surface area contributed by atoms with Crippen molar-refractivity contribution in [3.05, 3.63) is 35.4 Å². The Morgan fingerprint density at radius 2 is 1.73 bits per heavy atom. The van der Waals surface area contributed by atoms with Crippen molar-refractivity contribution < 1.29 is 27.9 Å². The van der Waals surface area contributed by atoms with Crippen LogP contribution < -0.4 is 0 Å². The summed E-state index contributed by atoms with van der Waals surface area (Å²) in [6.45, 7) is -0.132. The Hall–Kier alpha value is -2.05. The summed E-state index contributed by atoms with van der Waals surface area (Å²) in [5.74, 6) is -1.23. The zero-order valence-electron chi connectivity index (χ0n) is 12.2. The van der Waals surface area contributed by atoms with Crippen LogP contribution in [-0.2, 0) is 22.3 Å². The maximum absolute atomic E-state index is 12.9. The van der Waals surface area contributed by atoms with Crippen LogP contribution in [0.3, 0.4) is 0 Å². The van der Waals surface area contributed by atoms with Crippen LogP contribution in [0.25, 0.3) is 0 Å². The molecule has 22 heavy (non-hydrogen) atoms. The van der Waals surface area contributed by atoms with Gasteiger partial charge in [-0.05, 0) is 24.5 Å². The molecule has 1 N–H and O–H groups in total. The molecule has 0 bridgehead atoms. The largest absolute Gasteiger partial charge is 0.481 e. The van der Waals surface area contributed by atoms with Crippen molar-refractivity contribution in [1.82, 2.24) is 4.90 Å². The van der Waals surface area contributed by atoms with Crippen LogP contribution >= 0.6 is 0 Å². The van der Waals surface area contributed by atoms with Gasteiger partial charge in [-0.2, -0.15) is 13.2 Å². The van der Waals surface area contributed by atoms with Gasteiger partial charge in [-0.3, -0.25) is 9.59 Å². The fourth-order valence-corrected chi connectivity index (χ4v) is 2.02. The number of benzene rings is 1. The lowest BCUT2D eigenvalue weighted by atomic mass is 10.1. The predicted octanol–water partition coefficient (Wildman–Crippen LogP) is 3.31. The van der Waals surface area contributed by atoms with Crippen molar-refractivity contribution in [1.29, 1.82) is 0 Å². The molecule has 0 saturated carbocycles. The quantitative estimate of drug-likeness (QED) is 0.785. The lowest BCUT2D eigenvalue weighted by Gasteiger charge is -2.20. The predicted molar refractivity (Wildman–Crippen MR) is 74.0 cm³/mol. The van der Waals surface area contributed by atoms with E-state index in [4.69, 9.17) is 5.11 Å². The molecule has 0 heterocycles. The molecular formula is C15H18F3NO3. The number of hydrogen-bond donors (Lipinski definition) is 1. The van der Waals surface area contributed by atoms with Crippen LogP contribution in [0.15, 0.2) is 24.3 Å². The van der Waals surface area contributed by atoms with Gasteiger partial charge in [0.2, 0.25) is 5.91 Å². The fourth-order valence-electron chi connectivity index (χ4n) is 2.02. The van der Waals surface area contributed by atoms with Crippen LogP contribution in [0, 0.1) is 0 Å². The van der Waals surface area contributed by atoms with Gasteiger partial charge in [-0.15, -0.1) is 0 Å². The van der Waals surface area contributed by atoms with Crippen molar-refractivity contribution in [3.63, 3.8) is 0 Å². The number of carbonyl (C=O) groups is 2. The summed E-state index contributed by atoms with van der Waals surface area (Å²) in [7, 11) is 1.44. The molecule has 1 rings (SSSR count). The van der Waals surface area contributed by atoms with Gasteiger partial charge in [0, 0.05) is 26.4 Å². The Bertz CT molecular complexity index is 529. The fraction of sp³-hybridized carbons (Fsp3) is 0.467. The molecule has 0 aliphatic heterocycles. The van der Waals surface area contributed by atoms with Gasteiger partial charge in [0.25, 0.3) is 0 Å². The van der Waals surface area contributed by atoms with Gasteiger partial charge in [-0.1, -0.05) is 18.2 Å². The summed E-state index contributed by atoms with van der Waals surface area (Å²) in [6.07, 6.45) is -3.59. The van der Waals surface area contributed by atoms with Crippen molar-refractivity contribution in [3.8, 4) is 0 Å². The second-order valence-corrected chi connectivity index (χ2v) is 5.01. The minimum Gasteiger partial charge on any atom is -0.481 e. The molecule has 0 fully saturated rings. The van der Waals surface area contributed by atoms with E-state index < -0.39 is 17.7 Å². The van der Waals surface area contributed by atoms with Gasteiger partial charge >= 0.3 is 12.1 Å². The second-order valence-electron chi connectivity index (χ2n) is 5.01. The van der Waals surface area contributed by atoms with E-state index in [0.717, 1.165) is 6.07 Å². The Morgan fingerprint density at radius 1 is 1.14 bits per heavy atom. The smallest absolute Gasteiger partial charge is 0.416 e. The Labute approximate surface area is 126 Å². The molecule has 0 radical (unpaired) electrons. The second kappa shape index (κ2) is 7.82. The highest BCUT2D eigenvalue weighted by atomic mass is 19.4. The average Bonchev–Trinajstić information content (AvgIpc) is 2.42. The van der Waals surface area contributed by atoms with Crippen molar-refractivity contribution in [2.75, 3.05) is 7.05 Å². The van der Waals surface area contributed by atoms with Crippen molar-refractivity contribution >= 4 is 11.9 Å². The first-order chi connectivity index (χ1) is 10.2. The number of halogens is 3. The summed E-state index contributed by atoms with van der Waals surface area (Å²) < 4.78 is 38.6. The summed E-state index contributed by atoms with van der Waals surface area (Å²) in [5.41, 5.74) is -0.711. The molecule has 0 unspecified atom stereocenters. The normalized spacial score (nSPS) is 11.3. The number of rotatable bonds is 7. The van der Waals surface area contributed by atoms with Crippen LogP contribution in [0.4, 0.5) is 13.2 Å². The zero-order valence-corrected chi connectivity index (χ0v) is 12.2. The standard InChI is InChI=1S/C15H18F3NO3/c1-19(13(20)8-4-5-9-14(21)22)10-11-6-2-3-7-12(11)15(16,17)18/h2-3,6-7H,4-5,8-10H2,1H3,(H,21,22). The number of alkyl halides is 3. The minimum atomic E-state index is -4.46. The molecule has 0 saturated heterocycles. The highest BCUT2D eigenvalue weighted by Crippen LogP contribution is 2.32. The van der Waals surface area contributed by atoms with Crippen molar-refractivity contribution in [2.24, 2.45) is 0 Å². The molecule has 4 nitrogen and oxygen atoms in total. The van der Waals surface area contributed by atoms with E-state index in [2.05, 4.69) is 0 Å². The Kier molecular flexibility index (Phi) is 6.39. The average molecular weight is 317 g/mol. The Morgan fingerprint density at radius 3 is 2.32 bits per heavy atom. The summed E-state index contributed by atoms with van der Waals surface area (Å²) in [6, 6.07) is 5.13. The van der Waals surface area contributed by atoms with Crippen LogP contribution in [-0.4, -0.2) is 28.9 Å². The third-order valence-corrected chi connectivity index (χ3v) is 3.19. The van der Waals surface area contributed by atoms with Crippen LogP contribution in [0.1, 0.15) is 36.8 Å². The monoisotopic (exact) mass is 317 g/mol. The maximum atomic E-state index is 12.9. The molecule has 0 atom stereocenters. The molecule has 0 spiro atoms. The topological polar surface area (TPSA) is 57.6 Å². The SMILES string of the molecule is CN(Cc1ccccc1C(F)(F)F)C(=O)CCCCC(=O)O. The van der Waals surface area contributed by atoms with E-state index in [-0.39, 0.29) is 30.9 Å². The summed E-state index contributed by atoms with van der Waals surface area (Å²) in [4.78, 5) is 23.4. The number of unbranched alkanes of at least 4 members (excludes halogenated alkanes) is 1. The van der Waals surface area contributed by atoms with Gasteiger partial charge in [0.05, 0.1) is 5.56 Å². The first kappa shape index (κ1) is 18.0. The molecule has 1 aromatic carbocycles. The number of carboxylic acids is 1. The molecule has 0 aliphatic rings. The van der Waals surface area contributed by atoms with E-state index >= 15 is 0 Å². The van der Waals surface area contributed by atoms with Crippen molar-refractivity contribution in [2.45, 2.75) is 38.4 Å². The molecule has 0 aromatic heterocycles. The number of aliphatic carboxylic acids is 1. The van der Waals surface area contributed by atoms with Crippen LogP contribution in [0.2, 0.25) is 0 Å². The lowest BCUT2D eigenvalue weighted by molar-refractivity contribution is -0.139. The molecule has 0 aliphatic carbocycles. The Balaban J connectivity index is 2.60. The zero-order chi connectivity index (χ0) is 16.8. The van der Waals surface area contributed by atoms with Gasteiger partial charge in [0.1, 0.15) is 0 Å². The summed E-state index contributed by atoms with van der Waals surface area (Å²) >= 11 is 0. The number of carbonyl (C=O) groups excluding carboxylic acids is 1. The van der Waals surface area contributed by atoms with E-state index in [1.165, 1.54) is 30.1 Å². The highest BCUT2D eigenvalue weighted by Gasteiger charge is 2.33. The molecule has 1 amide bonds. The number of nitrogens with zero attached hydrogens (tertiary/aromatic N) is 1. The molecule has 1 aromatic rings. The van der Waals surface area contributed by atoms with Gasteiger partial charge in [-0.25, -0.2) is 0 Å². The maximum Gasteiger partial charge on any atom is 0.416 e. The van der Waals surface area contributed by atoms with E-state index in [0.29, 0.717) is 12.8 Å². The number of hydrogen-bond acceptors (Lipinski definition) is 2. The van der Waals surface area contributed by atoms with Crippen LogP contribution in [0.5, 0.6) is 0 Å². The van der Waals surface area contributed by atoms with E-state index in [1.807, 2.05) is 0 Å². The van der Waals surface area contributed by atoms with E-state index in [1.54, 1.807) is 0 Å². The summed E-state index contributed by atoms with van der Waals surface area (Å²) in [5, 5.41) is 8.49. The molecule has 7 heteroatoms. The minimum absolute atomic E-state index is 0.0199. The van der Waals surface area contributed by atoms with Gasteiger partial charge in [0.15, 0.2) is 0 Å². The lowest BCUT2D eigenvalue weighted by Crippen LogP contribution is -2.27. The van der Waals surface area contributed by atoms with Gasteiger partial charge < -0.3 is 10.0 Å².